The lowest BCUT2D eigenvalue weighted by Crippen LogP contribution is -2.06. The second kappa shape index (κ2) is 8.52. The maximum Gasteiger partial charge on any atom is 0.252 e. The summed E-state index contributed by atoms with van der Waals surface area (Å²) in [6.45, 7) is 1.71. The molecular weight excluding hydrogens is 344 g/mol. The number of rotatable bonds is 5. The van der Waals surface area contributed by atoms with E-state index in [1.165, 1.54) is 6.07 Å². The third kappa shape index (κ3) is 5.08. The molecule has 0 unspecified atom stereocenters. The molecule has 0 amide bonds. The number of nitrogens with zero attached hydrogens (tertiary/aromatic N) is 4. The van der Waals surface area contributed by atoms with Gasteiger partial charge in [-0.25, -0.2) is 4.98 Å². The van der Waals surface area contributed by atoms with Crippen LogP contribution in [0.25, 0.3) is 0 Å². The van der Waals surface area contributed by atoms with Gasteiger partial charge in [0.2, 0.25) is 11.8 Å². The molecule has 0 saturated heterocycles. The molecule has 0 radical (unpaired) electrons. The zero-order valence-corrected chi connectivity index (χ0v) is 14.9. The predicted molar refractivity (Wildman–Crippen MR) is 104 cm³/mol. The van der Waals surface area contributed by atoms with Gasteiger partial charge in [0, 0.05) is 17.3 Å². The molecule has 1 aromatic heterocycles. The molecule has 3 rings (SSSR count). The molecule has 1 heterocycles. The van der Waals surface area contributed by atoms with Gasteiger partial charge >= 0.3 is 0 Å². The third-order valence-electron chi connectivity index (χ3n) is 3.51. The van der Waals surface area contributed by atoms with E-state index < -0.39 is 0 Å². The summed E-state index contributed by atoms with van der Waals surface area (Å²) in [6.07, 6.45) is 0. The van der Waals surface area contributed by atoms with Crippen LogP contribution < -0.4 is 15.7 Å². The van der Waals surface area contributed by atoms with Crippen LogP contribution in [0.2, 0.25) is 0 Å². The fourth-order valence-corrected chi connectivity index (χ4v) is 2.22. The van der Waals surface area contributed by atoms with E-state index in [1.807, 2.05) is 54.6 Å². The number of nitrogens with one attached hydrogen (secondary N) is 2. The molecule has 0 aliphatic carbocycles. The first-order valence-corrected chi connectivity index (χ1v) is 8.17. The first-order chi connectivity index (χ1) is 13.1. The van der Waals surface area contributed by atoms with Crippen LogP contribution in [-0.4, -0.2) is 22.9 Å². The normalized spacial score (nSPS) is 11.6. The highest BCUT2D eigenvalue weighted by Crippen LogP contribution is 2.15. The van der Waals surface area contributed by atoms with Crippen LogP contribution in [0.3, 0.4) is 0 Å². The van der Waals surface area contributed by atoms with Gasteiger partial charge in [0.25, 0.3) is 5.56 Å². The zero-order chi connectivity index (χ0) is 19.1. The number of aromatic amines is 1. The van der Waals surface area contributed by atoms with Gasteiger partial charge in [-0.15, -0.1) is 10.2 Å². The summed E-state index contributed by atoms with van der Waals surface area (Å²) in [4.78, 5) is 18.2. The minimum Gasteiger partial charge on any atom is -0.497 e. The SMILES string of the molecule is COc1ccc(N/N=C(/N=Nc2nc(C)cc(=O)[nH]2)c2ccccc2)cc1. The Morgan fingerprint density at radius 3 is 2.52 bits per heavy atom. The minimum atomic E-state index is -0.286. The van der Waals surface area contributed by atoms with Crippen molar-refractivity contribution in [3.8, 4) is 5.75 Å². The summed E-state index contributed by atoms with van der Waals surface area (Å²) in [5.41, 5.74) is 4.74. The van der Waals surface area contributed by atoms with E-state index in [0.29, 0.717) is 11.5 Å². The number of H-pyrrole nitrogens is 1. The smallest absolute Gasteiger partial charge is 0.252 e. The zero-order valence-electron chi connectivity index (χ0n) is 14.9. The van der Waals surface area contributed by atoms with E-state index >= 15 is 0 Å². The number of amidine groups is 1. The number of ether oxygens (including phenoxy) is 1. The van der Waals surface area contributed by atoms with E-state index in [1.54, 1.807) is 14.0 Å². The molecule has 2 N–H and O–H groups in total. The van der Waals surface area contributed by atoms with Crippen molar-refractivity contribution in [3.05, 3.63) is 82.3 Å². The summed E-state index contributed by atoms with van der Waals surface area (Å²) in [5.74, 6) is 1.21. The number of azo groups is 1. The van der Waals surface area contributed by atoms with Crippen molar-refractivity contribution in [2.75, 3.05) is 12.5 Å². The molecule has 0 atom stereocenters. The van der Waals surface area contributed by atoms with Crippen molar-refractivity contribution in [3.63, 3.8) is 0 Å². The highest BCUT2D eigenvalue weighted by molar-refractivity contribution is 5.99. The topological polar surface area (TPSA) is 104 Å². The number of hydrogen-bond acceptors (Lipinski definition) is 6. The van der Waals surface area contributed by atoms with Crippen molar-refractivity contribution < 1.29 is 4.74 Å². The number of aryl methyl sites for hydroxylation is 1. The number of methoxy groups -OCH3 is 1. The van der Waals surface area contributed by atoms with Gasteiger partial charge in [-0.05, 0) is 31.2 Å². The van der Waals surface area contributed by atoms with Crippen molar-refractivity contribution in [1.29, 1.82) is 0 Å². The van der Waals surface area contributed by atoms with E-state index in [2.05, 4.69) is 30.7 Å². The summed E-state index contributed by atoms with van der Waals surface area (Å²) >= 11 is 0. The van der Waals surface area contributed by atoms with Gasteiger partial charge < -0.3 is 4.74 Å². The number of anilines is 1. The van der Waals surface area contributed by atoms with Crippen molar-refractivity contribution >= 4 is 17.5 Å². The highest BCUT2D eigenvalue weighted by atomic mass is 16.5. The lowest BCUT2D eigenvalue weighted by molar-refractivity contribution is 0.415. The molecule has 0 saturated carbocycles. The van der Waals surface area contributed by atoms with Crippen molar-refractivity contribution in [1.82, 2.24) is 9.97 Å². The Morgan fingerprint density at radius 2 is 1.85 bits per heavy atom. The Bertz CT molecular complexity index is 1010. The first-order valence-electron chi connectivity index (χ1n) is 8.17. The Balaban J connectivity index is 1.88. The molecule has 27 heavy (non-hydrogen) atoms. The Labute approximate surface area is 155 Å². The van der Waals surface area contributed by atoms with Gasteiger partial charge in [-0.1, -0.05) is 30.3 Å². The highest BCUT2D eigenvalue weighted by Gasteiger charge is 2.04. The van der Waals surface area contributed by atoms with Crippen LogP contribution in [-0.2, 0) is 0 Å². The molecule has 3 aromatic rings. The Hall–Kier alpha value is -3.81. The van der Waals surface area contributed by atoms with Crippen LogP contribution in [0.5, 0.6) is 5.75 Å². The van der Waals surface area contributed by atoms with Gasteiger partial charge in [0.05, 0.1) is 12.8 Å². The second-order valence-corrected chi connectivity index (χ2v) is 5.55. The summed E-state index contributed by atoms with van der Waals surface area (Å²) in [5, 5.41) is 12.5. The molecule has 0 fully saturated rings. The van der Waals surface area contributed by atoms with E-state index in [0.717, 1.165) is 17.0 Å². The maximum atomic E-state index is 11.5. The monoisotopic (exact) mass is 362 g/mol. The lowest BCUT2D eigenvalue weighted by atomic mass is 10.2. The minimum absolute atomic E-state index is 0.119. The van der Waals surface area contributed by atoms with Crippen LogP contribution in [0, 0.1) is 6.92 Å². The molecule has 136 valence electrons. The van der Waals surface area contributed by atoms with Crippen molar-refractivity contribution in [2.45, 2.75) is 6.92 Å². The quantitative estimate of drug-likeness (QED) is 0.313. The van der Waals surface area contributed by atoms with Crippen LogP contribution >= 0.6 is 0 Å². The van der Waals surface area contributed by atoms with E-state index in [9.17, 15) is 4.79 Å². The number of hydrazone groups is 1. The second-order valence-electron chi connectivity index (χ2n) is 5.55. The third-order valence-corrected chi connectivity index (χ3v) is 3.51. The Morgan fingerprint density at radius 1 is 1.11 bits per heavy atom. The van der Waals surface area contributed by atoms with Gasteiger partial charge in [-0.2, -0.15) is 5.10 Å². The van der Waals surface area contributed by atoms with E-state index in [4.69, 9.17) is 4.74 Å². The summed E-state index contributed by atoms with van der Waals surface area (Å²) < 4.78 is 5.14. The molecule has 0 aliphatic heterocycles. The van der Waals surface area contributed by atoms with Gasteiger partial charge in [0.1, 0.15) is 5.75 Å². The van der Waals surface area contributed by atoms with Crippen molar-refractivity contribution in [2.24, 2.45) is 15.3 Å². The van der Waals surface area contributed by atoms with Crippen LogP contribution in [0.4, 0.5) is 11.6 Å². The average molecular weight is 362 g/mol. The molecule has 2 aromatic carbocycles. The number of aromatic nitrogens is 2. The molecule has 8 nitrogen and oxygen atoms in total. The standard InChI is InChI=1S/C19H18N6O2/c1-13-12-17(26)21-19(20-13)25-24-18(14-6-4-3-5-7-14)23-22-15-8-10-16(27-2)11-9-15/h3-12,22H,1-2H3,(H,20,21,26)/b23-18+,25-24?. The fraction of sp³-hybridized carbons (Fsp3) is 0.105. The molecule has 8 heteroatoms. The van der Waals surface area contributed by atoms with Gasteiger partial charge in [-0.3, -0.25) is 15.2 Å². The van der Waals surface area contributed by atoms with Crippen LogP contribution in [0.15, 0.2) is 80.8 Å². The number of benzene rings is 2. The Kier molecular flexibility index (Phi) is 5.68. The molecule has 0 bridgehead atoms. The summed E-state index contributed by atoms with van der Waals surface area (Å²) in [7, 11) is 1.61. The maximum absolute atomic E-state index is 11.5. The summed E-state index contributed by atoms with van der Waals surface area (Å²) in [6, 6.07) is 18.1. The molecule has 0 spiro atoms. The lowest BCUT2D eigenvalue weighted by Gasteiger charge is -2.04. The first kappa shape index (κ1) is 18.0. The largest absolute Gasteiger partial charge is 0.497 e. The van der Waals surface area contributed by atoms with Gasteiger partial charge in [0.15, 0.2) is 0 Å². The average Bonchev–Trinajstić information content (AvgIpc) is 2.68. The predicted octanol–water partition coefficient (Wildman–Crippen LogP) is 3.64. The van der Waals surface area contributed by atoms with Crippen LogP contribution in [0.1, 0.15) is 11.3 Å². The molecular formula is C19H18N6O2. The molecule has 0 aliphatic rings. The fourth-order valence-electron chi connectivity index (χ4n) is 2.22. The van der Waals surface area contributed by atoms with E-state index in [-0.39, 0.29) is 11.5 Å². The number of hydrogen-bond donors (Lipinski definition) is 2.